The van der Waals surface area contributed by atoms with Gasteiger partial charge in [0.2, 0.25) is 0 Å². The Morgan fingerprint density at radius 2 is 2.36 bits per heavy atom. The average Bonchev–Trinajstić information content (AvgIpc) is 2.29. The second-order valence-corrected chi connectivity index (χ2v) is 3.87. The first-order valence-corrected chi connectivity index (χ1v) is 5.10. The van der Waals surface area contributed by atoms with Gasteiger partial charge in [0, 0.05) is 23.7 Å². The lowest BCUT2D eigenvalue weighted by Crippen LogP contribution is -2.48. The molecule has 0 aromatic heterocycles. The van der Waals surface area contributed by atoms with Crippen molar-refractivity contribution < 1.29 is 4.74 Å². The Hall–Kier alpha value is -1.06. The second-order valence-electron chi connectivity index (χ2n) is 3.87. The Kier molecular flexibility index (Phi) is 1.92. The largest absolute Gasteiger partial charge is 0.375 e. The summed E-state index contributed by atoms with van der Waals surface area (Å²) in [6.07, 6.45) is 8.58. The van der Waals surface area contributed by atoms with E-state index < -0.39 is 0 Å². The van der Waals surface area contributed by atoms with Crippen LogP contribution < -0.4 is 10.6 Å². The van der Waals surface area contributed by atoms with Crippen molar-refractivity contribution in [1.29, 1.82) is 0 Å². The molecule has 3 heteroatoms. The van der Waals surface area contributed by atoms with Crippen LogP contribution in [0.4, 0.5) is 0 Å². The molecule has 0 spiro atoms. The van der Waals surface area contributed by atoms with Crippen molar-refractivity contribution in [3.05, 3.63) is 35.6 Å². The van der Waals surface area contributed by atoms with Gasteiger partial charge in [-0.15, -0.1) is 0 Å². The van der Waals surface area contributed by atoms with Gasteiger partial charge in [0.25, 0.3) is 0 Å². The van der Waals surface area contributed by atoms with E-state index in [1.54, 1.807) is 0 Å². The van der Waals surface area contributed by atoms with Crippen molar-refractivity contribution in [2.24, 2.45) is 5.92 Å². The first-order chi connectivity index (χ1) is 6.95. The zero-order valence-corrected chi connectivity index (χ0v) is 7.99. The molecule has 2 heterocycles. The van der Waals surface area contributed by atoms with E-state index in [2.05, 4.69) is 34.9 Å². The molecule has 2 unspecified atom stereocenters. The maximum atomic E-state index is 5.78. The summed E-state index contributed by atoms with van der Waals surface area (Å²) in [5, 5.41) is 6.74. The highest BCUT2D eigenvalue weighted by molar-refractivity contribution is 5.40. The minimum atomic E-state index is 0.178. The molecule has 0 saturated carbocycles. The van der Waals surface area contributed by atoms with Crippen LogP contribution in [0.3, 0.4) is 0 Å². The van der Waals surface area contributed by atoms with Crippen LogP contribution >= 0.6 is 0 Å². The standard InChI is InChI=1S/C11H14N2O/c1-2-4-10-9(3-1)11-8(6-14-10)5-12-7-13-11/h1-4,8,10,12-13H,5-7H2. The lowest BCUT2D eigenvalue weighted by molar-refractivity contribution is 0.0630. The zero-order valence-electron chi connectivity index (χ0n) is 7.99. The first kappa shape index (κ1) is 8.26. The fourth-order valence-corrected chi connectivity index (χ4v) is 2.26. The van der Waals surface area contributed by atoms with Gasteiger partial charge < -0.3 is 10.1 Å². The average molecular weight is 190 g/mol. The summed E-state index contributed by atoms with van der Waals surface area (Å²) in [4.78, 5) is 0. The van der Waals surface area contributed by atoms with E-state index in [0.717, 1.165) is 19.8 Å². The number of ether oxygens (including phenoxy) is 1. The van der Waals surface area contributed by atoms with Gasteiger partial charge in [0.1, 0.15) is 6.10 Å². The van der Waals surface area contributed by atoms with Crippen molar-refractivity contribution >= 4 is 0 Å². The summed E-state index contributed by atoms with van der Waals surface area (Å²) in [5.74, 6) is 0.506. The highest BCUT2D eigenvalue weighted by Crippen LogP contribution is 2.28. The molecule has 3 nitrogen and oxygen atoms in total. The summed E-state index contributed by atoms with van der Waals surface area (Å²) in [7, 11) is 0. The van der Waals surface area contributed by atoms with Gasteiger partial charge in [-0.1, -0.05) is 24.3 Å². The molecule has 2 atom stereocenters. The maximum absolute atomic E-state index is 5.78. The van der Waals surface area contributed by atoms with E-state index in [0.29, 0.717) is 5.92 Å². The first-order valence-electron chi connectivity index (χ1n) is 5.10. The monoisotopic (exact) mass is 190 g/mol. The lowest BCUT2D eigenvalue weighted by atomic mass is 9.91. The van der Waals surface area contributed by atoms with Crippen LogP contribution in [0.25, 0.3) is 0 Å². The third-order valence-electron chi connectivity index (χ3n) is 2.97. The van der Waals surface area contributed by atoms with Crippen molar-refractivity contribution in [3.63, 3.8) is 0 Å². The van der Waals surface area contributed by atoms with Crippen LogP contribution in [0.5, 0.6) is 0 Å². The van der Waals surface area contributed by atoms with Crippen LogP contribution in [0.15, 0.2) is 35.6 Å². The molecule has 0 bridgehead atoms. The van der Waals surface area contributed by atoms with Crippen molar-refractivity contribution in [2.45, 2.75) is 6.10 Å². The number of hydrogen-bond donors (Lipinski definition) is 2. The summed E-state index contributed by atoms with van der Waals surface area (Å²) < 4.78 is 5.78. The molecule has 1 fully saturated rings. The van der Waals surface area contributed by atoms with E-state index in [-0.39, 0.29) is 6.10 Å². The molecule has 0 radical (unpaired) electrons. The van der Waals surface area contributed by atoms with E-state index in [9.17, 15) is 0 Å². The minimum Gasteiger partial charge on any atom is -0.375 e. The quantitative estimate of drug-likeness (QED) is 0.584. The van der Waals surface area contributed by atoms with Crippen LogP contribution in [-0.2, 0) is 4.74 Å². The third kappa shape index (κ3) is 1.21. The summed E-state index contributed by atoms with van der Waals surface area (Å²) >= 11 is 0. The summed E-state index contributed by atoms with van der Waals surface area (Å²) in [6.45, 7) is 2.72. The summed E-state index contributed by atoms with van der Waals surface area (Å²) in [5.41, 5.74) is 2.69. The van der Waals surface area contributed by atoms with Gasteiger partial charge in [0.05, 0.1) is 13.3 Å². The van der Waals surface area contributed by atoms with Crippen molar-refractivity contribution in [3.8, 4) is 0 Å². The second kappa shape index (κ2) is 3.26. The predicted octanol–water partition coefficient (Wildman–Crippen LogP) is 0.532. The maximum Gasteiger partial charge on any atom is 0.103 e. The van der Waals surface area contributed by atoms with Gasteiger partial charge in [-0.3, -0.25) is 5.32 Å². The summed E-state index contributed by atoms with van der Waals surface area (Å²) in [6, 6.07) is 0. The molecular weight excluding hydrogens is 176 g/mol. The molecule has 2 N–H and O–H groups in total. The Morgan fingerprint density at radius 1 is 1.36 bits per heavy atom. The molecule has 74 valence electrons. The fraction of sp³-hybridized carbons (Fsp3) is 0.455. The molecule has 3 rings (SSSR count). The Bertz CT molecular complexity index is 330. The van der Waals surface area contributed by atoms with Crippen molar-refractivity contribution in [2.75, 3.05) is 19.8 Å². The molecule has 0 amide bonds. The van der Waals surface area contributed by atoms with Crippen LogP contribution in [0.2, 0.25) is 0 Å². The van der Waals surface area contributed by atoms with Gasteiger partial charge in [-0.2, -0.15) is 0 Å². The van der Waals surface area contributed by atoms with Crippen LogP contribution in [0, 0.1) is 5.92 Å². The third-order valence-corrected chi connectivity index (χ3v) is 2.97. The molecule has 14 heavy (non-hydrogen) atoms. The van der Waals surface area contributed by atoms with E-state index >= 15 is 0 Å². The molecule has 1 saturated heterocycles. The predicted molar refractivity (Wildman–Crippen MR) is 54.5 cm³/mol. The number of nitrogens with one attached hydrogen (secondary N) is 2. The van der Waals surface area contributed by atoms with Gasteiger partial charge in [0.15, 0.2) is 0 Å². The topological polar surface area (TPSA) is 33.3 Å². The number of allylic oxidation sites excluding steroid dienone is 2. The Balaban J connectivity index is 2.00. The Labute approximate surface area is 83.5 Å². The van der Waals surface area contributed by atoms with Crippen LogP contribution in [-0.4, -0.2) is 25.9 Å². The van der Waals surface area contributed by atoms with E-state index in [4.69, 9.17) is 4.74 Å². The normalized spacial score (nSPS) is 34.9. The van der Waals surface area contributed by atoms with Crippen LogP contribution in [0.1, 0.15) is 0 Å². The molecule has 3 aliphatic rings. The molecule has 0 aromatic carbocycles. The Morgan fingerprint density at radius 3 is 3.36 bits per heavy atom. The smallest absolute Gasteiger partial charge is 0.103 e. The van der Waals surface area contributed by atoms with Crippen molar-refractivity contribution in [1.82, 2.24) is 10.6 Å². The van der Waals surface area contributed by atoms with Gasteiger partial charge in [-0.25, -0.2) is 0 Å². The van der Waals surface area contributed by atoms with E-state index in [1.807, 2.05) is 0 Å². The van der Waals surface area contributed by atoms with E-state index in [1.165, 1.54) is 11.3 Å². The molecule has 0 aromatic rings. The number of hydrogen-bond acceptors (Lipinski definition) is 3. The molecule has 1 aliphatic carbocycles. The van der Waals surface area contributed by atoms with Gasteiger partial charge >= 0.3 is 0 Å². The number of rotatable bonds is 0. The van der Waals surface area contributed by atoms with Gasteiger partial charge in [-0.05, 0) is 0 Å². The molecule has 2 aliphatic heterocycles. The highest BCUT2D eigenvalue weighted by atomic mass is 16.5. The molecular formula is C11H14N2O. The SMILES string of the molecule is C1=CC2=C3NCNCC3COC2C=C1. The lowest BCUT2D eigenvalue weighted by Gasteiger charge is -2.36. The number of fused-ring (bicyclic) bond motifs is 2. The fourth-order valence-electron chi connectivity index (χ4n) is 2.26. The minimum absolute atomic E-state index is 0.178. The highest BCUT2D eigenvalue weighted by Gasteiger charge is 2.30. The zero-order chi connectivity index (χ0) is 9.38.